The molecule has 3 aromatic carbocycles. The summed E-state index contributed by atoms with van der Waals surface area (Å²) in [7, 11) is 0. The van der Waals surface area contributed by atoms with Gasteiger partial charge in [0.1, 0.15) is 5.25 Å². The fourth-order valence-electron chi connectivity index (χ4n) is 4.35. The standard InChI is InChI=1S/C29H28N4O2S/c1-3-20-11-15-23(16-12-20)30-27(34)18-26-28(35)31-29(36-26)33-25(22-13-9-19(2)10-14-22)17-24(32-33)21-7-5-4-6-8-21/h4-16,25-26H,3,17-18H2,1-2H3,(H,30,34)/t25-,26-/m1/s1. The molecule has 0 fully saturated rings. The van der Waals surface area contributed by atoms with E-state index in [0.29, 0.717) is 11.6 Å². The molecule has 0 spiro atoms. The molecule has 5 rings (SSSR count). The molecule has 0 aliphatic carbocycles. The molecule has 2 amide bonds. The van der Waals surface area contributed by atoms with Crippen LogP contribution >= 0.6 is 11.8 Å². The molecule has 0 aromatic heterocycles. The van der Waals surface area contributed by atoms with Gasteiger partial charge in [0.2, 0.25) is 5.91 Å². The van der Waals surface area contributed by atoms with Crippen molar-refractivity contribution in [3.63, 3.8) is 0 Å². The van der Waals surface area contributed by atoms with Crippen molar-refractivity contribution in [1.82, 2.24) is 5.01 Å². The first-order chi connectivity index (χ1) is 17.5. The van der Waals surface area contributed by atoms with Crippen molar-refractivity contribution in [2.75, 3.05) is 5.32 Å². The van der Waals surface area contributed by atoms with Crippen LogP contribution in [0.1, 0.15) is 48.1 Å². The Morgan fingerprint density at radius 1 is 1.03 bits per heavy atom. The van der Waals surface area contributed by atoms with Crippen molar-refractivity contribution < 1.29 is 9.59 Å². The molecule has 3 aromatic rings. The molecule has 36 heavy (non-hydrogen) atoms. The highest BCUT2D eigenvalue weighted by atomic mass is 32.2. The zero-order chi connectivity index (χ0) is 25.1. The van der Waals surface area contributed by atoms with Gasteiger partial charge in [0.15, 0.2) is 5.17 Å². The van der Waals surface area contributed by atoms with Crippen molar-refractivity contribution in [1.29, 1.82) is 0 Å². The van der Waals surface area contributed by atoms with Gasteiger partial charge in [-0.25, -0.2) is 5.01 Å². The summed E-state index contributed by atoms with van der Waals surface area (Å²) >= 11 is 1.32. The number of nitrogens with zero attached hydrogens (tertiary/aromatic N) is 3. The van der Waals surface area contributed by atoms with Gasteiger partial charge in [-0.3, -0.25) is 9.59 Å². The van der Waals surface area contributed by atoms with E-state index in [0.717, 1.165) is 28.9 Å². The van der Waals surface area contributed by atoms with E-state index in [4.69, 9.17) is 5.10 Å². The largest absolute Gasteiger partial charge is 0.326 e. The Bertz CT molecular complexity index is 1320. The summed E-state index contributed by atoms with van der Waals surface area (Å²) in [5, 5.41) is 9.63. The topological polar surface area (TPSA) is 74.1 Å². The number of hydrogen-bond acceptors (Lipinski definition) is 5. The second-order valence-corrected chi connectivity index (χ2v) is 10.2. The predicted molar refractivity (Wildman–Crippen MR) is 146 cm³/mol. The molecule has 0 unspecified atom stereocenters. The van der Waals surface area contributed by atoms with Crippen molar-refractivity contribution >= 4 is 40.1 Å². The van der Waals surface area contributed by atoms with Gasteiger partial charge in [-0.1, -0.05) is 91.0 Å². The van der Waals surface area contributed by atoms with E-state index in [9.17, 15) is 9.59 Å². The Labute approximate surface area is 215 Å². The van der Waals surface area contributed by atoms with Crippen LogP contribution in [0.3, 0.4) is 0 Å². The van der Waals surface area contributed by atoms with Gasteiger partial charge in [-0.15, -0.1) is 0 Å². The van der Waals surface area contributed by atoms with Crippen molar-refractivity contribution in [3.05, 3.63) is 101 Å². The maximum absolute atomic E-state index is 12.8. The van der Waals surface area contributed by atoms with Gasteiger partial charge in [0, 0.05) is 18.5 Å². The van der Waals surface area contributed by atoms with E-state index in [1.807, 2.05) is 59.6 Å². The van der Waals surface area contributed by atoms with Crippen LogP contribution in [-0.4, -0.2) is 33.0 Å². The van der Waals surface area contributed by atoms with Crippen LogP contribution in [0.5, 0.6) is 0 Å². The van der Waals surface area contributed by atoms with Crippen LogP contribution in [-0.2, 0) is 16.0 Å². The van der Waals surface area contributed by atoms with E-state index in [-0.39, 0.29) is 24.3 Å². The van der Waals surface area contributed by atoms with Gasteiger partial charge in [0.05, 0.1) is 11.8 Å². The number of amides is 2. The van der Waals surface area contributed by atoms with E-state index in [1.54, 1.807) is 0 Å². The minimum Gasteiger partial charge on any atom is -0.326 e. The molecule has 0 saturated carbocycles. The van der Waals surface area contributed by atoms with Crippen molar-refractivity contribution in [2.24, 2.45) is 10.1 Å². The van der Waals surface area contributed by atoms with Crippen LogP contribution in [0.4, 0.5) is 5.69 Å². The zero-order valence-corrected chi connectivity index (χ0v) is 21.2. The number of nitrogens with one attached hydrogen (secondary N) is 1. The molecule has 0 saturated heterocycles. The van der Waals surface area contributed by atoms with Crippen LogP contribution in [0.15, 0.2) is 89.0 Å². The number of amidine groups is 1. The van der Waals surface area contributed by atoms with Crippen molar-refractivity contribution in [2.45, 2.75) is 44.4 Å². The van der Waals surface area contributed by atoms with E-state index >= 15 is 0 Å². The van der Waals surface area contributed by atoms with E-state index < -0.39 is 5.25 Å². The first kappa shape index (κ1) is 24.0. The number of rotatable bonds is 6. The average molecular weight is 497 g/mol. The SMILES string of the molecule is CCc1ccc(NC(=O)C[C@H]2SC(N3N=C(c4ccccc4)C[C@@H]3c3ccc(C)cc3)=NC2=O)cc1. The Hall–Kier alpha value is -3.71. The molecule has 2 heterocycles. The number of hydrogen-bond donors (Lipinski definition) is 1. The highest BCUT2D eigenvalue weighted by Gasteiger charge is 2.39. The minimum atomic E-state index is -0.565. The molecule has 7 heteroatoms. The van der Waals surface area contributed by atoms with Crippen LogP contribution in [0.25, 0.3) is 0 Å². The number of aryl methyl sites for hydroxylation is 2. The monoisotopic (exact) mass is 496 g/mol. The second kappa shape index (κ2) is 10.5. The molecular weight excluding hydrogens is 468 g/mol. The summed E-state index contributed by atoms with van der Waals surface area (Å²) in [5.74, 6) is -0.496. The summed E-state index contributed by atoms with van der Waals surface area (Å²) in [6.45, 7) is 4.15. The molecule has 6 nitrogen and oxygen atoms in total. The smallest absolute Gasteiger partial charge is 0.262 e. The molecule has 2 atom stereocenters. The summed E-state index contributed by atoms with van der Waals surface area (Å²) in [4.78, 5) is 29.8. The van der Waals surface area contributed by atoms with E-state index in [2.05, 4.69) is 48.4 Å². The summed E-state index contributed by atoms with van der Waals surface area (Å²) < 4.78 is 0. The van der Waals surface area contributed by atoms with Gasteiger partial charge in [-0.2, -0.15) is 10.1 Å². The molecule has 0 radical (unpaired) electrons. The Morgan fingerprint density at radius 3 is 2.44 bits per heavy atom. The molecule has 0 bridgehead atoms. The molecule has 182 valence electrons. The maximum atomic E-state index is 12.8. The third-order valence-electron chi connectivity index (χ3n) is 6.42. The quantitative estimate of drug-likeness (QED) is 0.473. The fraction of sp³-hybridized carbons (Fsp3) is 0.241. The lowest BCUT2D eigenvalue weighted by molar-refractivity contribution is -0.121. The lowest BCUT2D eigenvalue weighted by Gasteiger charge is -2.23. The highest BCUT2D eigenvalue weighted by Crippen LogP contribution is 2.38. The summed E-state index contributed by atoms with van der Waals surface area (Å²) in [5.41, 5.74) is 6.24. The number of thioether (sulfide) groups is 1. The van der Waals surface area contributed by atoms with Gasteiger partial charge in [-0.05, 0) is 42.2 Å². The van der Waals surface area contributed by atoms with Gasteiger partial charge < -0.3 is 5.32 Å². The van der Waals surface area contributed by atoms with Gasteiger partial charge in [0.25, 0.3) is 5.91 Å². The molecule has 2 aliphatic heterocycles. The third kappa shape index (κ3) is 5.26. The predicted octanol–water partition coefficient (Wildman–Crippen LogP) is 5.74. The van der Waals surface area contributed by atoms with Crippen LogP contribution in [0, 0.1) is 6.92 Å². The second-order valence-electron chi connectivity index (χ2n) is 9.03. The Kier molecular flexibility index (Phi) is 7.00. The number of carbonyl (C=O) groups is 2. The minimum absolute atomic E-state index is 0.0598. The number of hydrazone groups is 1. The fourth-order valence-corrected chi connectivity index (χ4v) is 5.41. The zero-order valence-electron chi connectivity index (χ0n) is 20.3. The number of benzene rings is 3. The van der Waals surface area contributed by atoms with Crippen molar-refractivity contribution in [3.8, 4) is 0 Å². The highest BCUT2D eigenvalue weighted by molar-refractivity contribution is 8.15. The van der Waals surface area contributed by atoms with E-state index in [1.165, 1.54) is 22.9 Å². The Morgan fingerprint density at radius 2 is 1.75 bits per heavy atom. The summed E-state index contributed by atoms with van der Waals surface area (Å²) in [6, 6.07) is 26.1. The Balaban J connectivity index is 1.32. The number of aliphatic imine (C=N–C) groups is 1. The lowest BCUT2D eigenvalue weighted by Crippen LogP contribution is -2.25. The van der Waals surface area contributed by atoms with Gasteiger partial charge >= 0.3 is 0 Å². The normalized spacial score (nSPS) is 19.3. The molecule has 2 aliphatic rings. The first-order valence-corrected chi connectivity index (χ1v) is 13.0. The average Bonchev–Trinajstić information content (AvgIpc) is 3.49. The van der Waals surface area contributed by atoms with Crippen LogP contribution < -0.4 is 5.32 Å². The summed E-state index contributed by atoms with van der Waals surface area (Å²) in [6.07, 6.45) is 1.71. The first-order valence-electron chi connectivity index (χ1n) is 12.2. The number of carbonyl (C=O) groups excluding carboxylic acids is 2. The number of anilines is 1. The maximum Gasteiger partial charge on any atom is 0.262 e. The van der Waals surface area contributed by atoms with Crippen LogP contribution in [0.2, 0.25) is 0 Å². The molecular formula is C29H28N4O2S. The molecule has 1 N–H and O–H groups in total. The lowest BCUT2D eigenvalue weighted by atomic mass is 9.98. The third-order valence-corrected chi connectivity index (χ3v) is 7.56.